The molecule has 0 saturated heterocycles. The standard InChI is InChI=1S/C28H20O2/c29-19-23-9-5-21(6-10-23)13-15-25-17-18-26(28-4-2-1-3-27(25)28)16-14-22-7-11-24(20-30)12-8-22/h1-20H. The minimum atomic E-state index is 0.675. The summed E-state index contributed by atoms with van der Waals surface area (Å²) in [4.78, 5) is 21.6. The molecule has 30 heavy (non-hydrogen) atoms. The van der Waals surface area contributed by atoms with Gasteiger partial charge in [0.15, 0.2) is 0 Å². The van der Waals surface area contributed by atoms with Crippen LogP contribution in [0.4, 0.5) is 0 Å². The first-order chi connectivity index (χ1) is 14.8. The predicted molar refractivity (Wildman–Crippen MR) is 125 cm³/mol. The average Bonchev–Trinajstić information content (AvgIpc) is 2.82. The third-order valence-electron chi connectivity index (χ3n) is 5.05. The van der Waals surface area contributed by atoms with Crippen LogP contribution in [0.2, 0.25) is 0 Å². The quantitative estimate of drug-likeness (QED) is 0.269. The molecule has 4 aromatic carbocycles. The lowest BCUT2D eigenvalue weighted by Crippen LogP contribution is -1.84. The molecule has 0 aliphatic heterocycles. The first kappa shape index (κ1) is 19.3. The van der Waals surface area contributed by atoms with Gasteiger partial charge < -0.3 is 0 Å². The summed E-state index contributed by atoms with van der Waals surface area (Å²) in [5, 5.41) is 2.36. The van der Waals surface area contributed by atoms with E-state index in [0.717, 1.165) is 34.8 Å². The van der Waals surface area contributed by atoms with E-state index in [1.165, 1.54) is 10.8 Å². The minimum absolute atomic E-state index is 0.675. The molecule has 2 heteroatoms. The van der Waals surface area contributed by atoms with Gasteiger partial charge in [-0.25, -0.2) is 0 Å². The summed E-state index contributed by atoms with van der Waals surface area (Å²) in [6.45, 7) is 0. The molecule has 0 aromatic heterocycles. The van der Waals surface area contributed by atoms with Crippen molar-refractivity contribution in [3.8, 4) is 0 Å². The highest BCUT2D eigenvalue weighted by Gasteiger charge is 2.02. The van der Waals surface area contributed by atoms with Gasteiger partial charge in [0.2, 0.25) is 0 Å². The van der Waals surface area contributed by atoms with Gasteiger partial charge in [0, 0.05) is 11.1 Å². The first-order valence-electron chi connectivity index (χ1n) is 9.75. The fourth-order valence-corrected chi connectivity index (χ4v) is 3.38. The van der Waals surface area contributed by atoms with Crippen LogP contribution in [0.5, 0.6) is 0 Å². The van der Waals surface area contributed by atoms with Gasteiger partial charge in [-0.05, 0) is 33.0 Å². The van der Waals surface area contributed by atoms with E-state index in [9.17, 15) is 9.59 Å². The Morgan fingerprint density at radius 1 is 0.400 bits per heavy atom. The Morgan fingerprint density at radius 2 is 0.767 bits per heavy atom. The Balaban J connectivity index is 1.65. The molecule has 2 nitrogen and oxygen atoms in total. The van der Waals surface area contributed by atoms with E-state index in [1.54, 1.807) is 0 Å². The van der Waals surface area contributed by atoms with Crippen molar-refractivity contribution in [1.29, 1.82) is 0 Å². The topological polar surface area (TPSA) is 34.1 Å². The second-order valence-electron chi connectivity index (χ2n) is 7.03. The molecule has 0 amide bonds. The van der Waals surface area contributed by atoms with Crippen LogP contribution in [0.3, 0.4) is 0 Å². The second-order valence-corrected chi connectivity index (χ2v) is 7.03. The zero-order valence-corrected chi connectivity index (χ0v) is 16.4. The molecule has 0 spiro atoms. The Bertz CT molecular complexity index is 1140. The van der Waals surface area contributed by atoms with Gasteiger partial charge in [-0.2, -0.15) is 0 Å². The smallest absolute Gasteiger partial charge is 0.150 e. The van der Waals surface area contributed by atoms with Gasteiger partial charge in [0.25, 0.3) is 0 Å². The molecule has 4 aromatic rings. The van der Waals surface area contributed by atoms with Crippen molar-refractivity contribution in [2.75, 3.05) is 0 Å². The Kier molecular flexibility index (Phi) is 5.77. The van der Waals surface area contributed by atoms with Crippen molar-refractivity contribution in [3.63, 3.8) is 0 Å². The number of aldehydes is 2. The largest absolute Gasteiger partial charge is 0.298 e. The van der Waals surface area contributed by atoms with Gasteiger partial charge in [0.05, 0.1) is 0 Å². The van der Waals surface area contributed by atoms with Crippen LogP contribution in [0.25, 0.3) is 35.1 Å². The van der Waals surface area contributed by atoms with Crippen LogP contribution in [0.1, 0.15) is 43.0 Å². The summed E-state index contributed by atoms with van der Waals surface area (Å²) < 4.78 is 0. The molecule has 144 valence electrons. The highest BCUT2D eigenvalue weighted by atomic mass is 16.1. The summed E-state index contributed by atoms with van der Waals surface area (Å²) in [6, 6.07) is 27.6. The third-order valence-corrected chi connectivity index (χ3v) is 5.05. The van der Waals surface area contributed by atoms with E-state index >= 15 is 0 Å². The van der Waals surface area contributed by atoms with Crippen LogP contribution in [0.15, 0.2) is 84.9 Å². The van der Waals surface area contributed by atoms with E-state index in [4.69, 9.17) is 0 Å². The molecule has 0 N–H and O–H groups in total. The summed E-state index contributed by atoms with van der Waals surface area (Å²) >= 11 is 0. The molecule has 0 aliphatic rings. The molecule has 0 radical (unpaired) electrons. The SMILES string of the molecule is O=Cc1ccc(C=Cc2ccc(C=Cc3ccc(C=O)cc3)c3ccccc23)cc1. The van der Waals surface area contributed by atoms with Crippen molar-refractivity contribution >= 4 is 47.6 Å². The fraction of sp³-hybridized carbons (Fsp3) is 0. The lowest BCUT2D eigenvalue weighted by atomic mass is 9.98. The minimum Gasteiger partial charge on any atom is -0.298 e. The highest BCUT2D eigenvalue weighted by molar-refractivity contribution is 5.99. The lowest BCUT2D eigenvalue weighted by Gasteiger charge is -2.07. The zero-order valence-electron chi connectivity index (χ0n) is 16.4. The van der Waals surface area contributed by atoms with Gasteiger partial charge in [-0.1, -0.05) is 109 Å². The summed E-state index contributed by atoms with van der Waals surface area (Å²) in [5.41, 5.74) is 5.72. The molecule has 0 atom stereocenters. The molecular formula is C28H20O2. The Labute approximate surface area is 175 Å². The molecular weight excluding hydrogens is 368 g/mol. The summed E-state index contributed by atoms with van der Waals surface area (Å²) in [6.07, 6.45) is 10.0. The molecule has 0 bridgehead atoms. The summed E-state index contributed by atoms with van der Waals surface area (Å²) in [7, 11) is 0. The van der Waals surface area contributed by atoms with Gasteiger partial charge in [-0.15, -0.1) is 0 Å². The summed E-state index contributed by atoms with van der Waals surface area (Å²) in [5.74, 6) is 0. The van der Waals surface area contributed by atoms with Crippen LogP contribution < -0.4 is 0 Å². The maximum absolute atomic E-state index is 10.8. The number of hydrogen-bond acceptors (Lipinski definition) is 2. The van der Waals surface area contributed by atoms with E-state index < -0.39 is 0 Å². The average molecular weight is 388 g/mol. The van der Waals surface area contributed by atoms with E-state index in [1.807, 2.05) is 60.7 Å². The predicted octanol–water partition coefficient (Wildman–Crippen LogP) is 6.81. The van der Waals surface area contributed by atoms with Gasteiger partial charge in [0.1, 0.15) is 12.6 Å². The number of carbonyl (C=O) groups excluding carboxylic acids is 2. The molecule has 0 unspecified atom stereocenters. The third kappa shape index (κ3) is 4.34. The molecule has 0 heterocycles. The number of hydrogen-bond donors (Lipinski definition) is 0. The van der Waals surface area contributed by atoms with Crippen molar-refractivity contribution in [2.24, 2.45) is 0 Å². The number of benzene rings is 4. The maximum Gasteiger partial charge on any atom is 0.150 e. The second kappa shape index (κ2) is 8.97. The van der Waals surface area contributed by atoms with Crippen molar-refractivity contribution < 1.29 is 9.59 Å². The number of carbonyl (C=O) groups is 2. The first-order valence-corrected chi connectivity index (χ1v) is 9.75. The van der Waals surface area contributed by atoms with Crippen molar-refractivity contribution in [2.45, 2.75) is 0 Å². The molecule has 4 rings (SSSR count). The number of rotatable bonds is 6. The van der Waals surface area contributed by atoms with Crippen molar-refractivity contribution in [3.05, 3.63) is 118 Å². The highest BCUT2D eigenvalue weighted by Crippen LogP contribution is 2.26. The van der Waals surface area contributed by atoms with E-state index in [-0.39, 0.29) is 0 Å². The van der Waals surface area contributed by atoms with Crippen LogP contribution >= 0.6 is 0 Å². The molecule has 0 fully saturated rings. The van der Waals surface area contributed by atoms with Crippen molar-refractivity contribution in [1.82, 2.24) is 0 Å². The Morgan fingerprint density at radius 3 is 1.13 bits per heavy atom. The monoisotopic (exact) mass is 388 g/mol. The van der Waals surface area contributed by atoms with Crippen LogP contribution in [0, 0.1) is 0 Å². The van der Waals surface area contributed by atoms with Gasteiger partial charge >= 0.3 is 0 Å². The zero-order chi connectivity index (χ0) is 20.8. The Hall–Kier alpha value is -4.04. The van der Waals surface area contributed by atoms with E-state index in [0.29, 0.717) is 11.1 Å². The normalized spacial score (nSPS) is 11.3. The lowest BCUT2D eigenvalue weighted by molar-refractivity contribution is 0.111. The van der Waals surface area contributed by atoms with Gasteiger partial charge in [-0.3, -0.25) is 9.59 Å². The fourth-order valence-electron chi connectivity index (χ4n) is 3.38. The molecule has 0 aliphatic carbocycles. The van der Waals surface area contributed by atoms with Crippen LogP contribution in [-0.2, 0) is 0 Å². The van der Waals surface area contributed by atoms with Crippen LogP contribution in [-0.4, -0.2) is 12.6 Å². The molecule has 0 saturated carbocycles. The van der Waals surface area contributed by atoms with E-state index in [2.05, 4.69) is 48.6 Å². The maximum atomic E-state index is 10.8. The number of fused-ring (bicyclic) bond motifs is 1.